The molecule has 0 aliphatic rings. The molecule has 178 valence electrons. The lowest BCUT2D eigenvalue weighted by molar-refractivity contribution is 0.302. The van der Waals surface area contributed by atoms with Gasteiger partial charge in [0, 0.05) is 5.56 Å². The Morgan fingerprint density at radius 1 is 0.594 bits per heavy atom. The first-order valence-electron chi connectivity index (χ1n) is 13.4. The van der Waals surface area contributed by atoms with E-state index in [0.717, 1.165) is 30.2 Å². The Labute approximate surface area is 197 Å². The van der Waals surface area contributed by atoms with Gasteiger partial charge in [0.25, 0.3) is 0 Å². The van der Waals surface area contributed by atoms with Gasteiger partial charge in [-0.2, -0.15) is 0 Å². The van der Waals surface area contributed by atoms with E-state index in [-0.39, 0.29) is 0 Å². The zero-order chi connectivity index (χ0) is 22.7. The van der Waals surface area contributed by atoms with Gasteiger partial charge in [0.15, 0.2) is 11.6 Å². The van der Waals surface area contributed by atoms with Crippen molar-refractivity contribution in [1.82, 2.24) is 9.97 Å². The number of rotatable bonds is 19. The van der Waals surface area contributed by atoms with Gasteiger partial charge in [-0.1, -0.05) is 122 Å². The van der Waals surface area contributed by atoms with Crippen LogP contribution in [0.15, 0.2) is 36.7 Å². The van der Waals surface area contributed by atoms with Gasteiger partial charge in [-0.05, 0) is 24.8 Å². The Morgan fingerprint density at radius 3 is 1.66 bits per heavy atom. The van der Waals surface area contributed by atoms with E-state index < -0.39 is 0 Å². The average Bonchev–Trinajstić information content (AvgIpc) is 2.83. The summed E-state index contributed by atoms with van der Waals surface area (Å²) >= 11 is 0. The number of aromatic nitrogens is 2. The van der Waals surface area contributed by atoms with Gasteiger partial charge in [-0.3, -0.25) is 0 Å². The summed E-state index contributed by atoms with van der Waals surface area (Å²) in [7, 11) is 0. The third-order valence-corrected chi connectivity index (χ3v) is 6.18. The quantitative estimate of drug-likeness (QED) is 0.205. The van der Waals surface area contributed by atoms with Crippen molar-refractivity contribution < 1.29 is 4.74 Å². The number of benzene rings is 1. The van der Waals surface area contributed by atoms with Crippen LogP contribution in [0.3, 0.4) is 0 Å². The Hall–Kier alpha value is -1.90. The van der Waals surface area contributed by atoms with Crippen LogP contribution < -0.4 is 4.74 Å². The minimum absolute atomic E-state index is 0.755. The summed E-state index contributed by atoms with van der Waals surface area (Å²) in [5.41, 5.74) is 2.48. The molecule has 0 unspecified atom stereocenters. The normalized spacial score (nSPS) is 11.1. The fourth-order valence-electron chi connectivity index (χ4n) is 4.07. The summed E-state index contributed by atoms with van der Waals surface area (Å²) in [4.78, 5) is 9.02. The summed E-state index contributed by atoms with van der Waals surface area (Å²) in [5.74, 6) is 1.54. The highest BCUT2D eigenvalue weighted by atomic mass is 16.5. The number of ether oxygens (including phenoxy) is 1. The minimum atomic E-state index is 0.755. The minimum Gasteiger partial charge on any atom is -0.490 e. The molecule has 0 amide bonds. The lowest BCUT2D eigenvalue weighted by Crippen LogP contribution is -1.99. The third kappa shape index (κ3) is 11.6. The standard InChI is InChI=1S/C29H46N2O/c1-3-5-7-9-11-13-15-17-23-32-28-24-30-29(31-25-28)27-21-19-26(20-22-27)18-16-14-12-10-8-6-4-2/h19-22,24-25H,3-18,23H2,1-2H3. The van der Waals surface area contributed by atoms with E-state index in [1.165, 1.54) is 102 Å². The summed E-state index contributed by atoms with van der Waals surface area (Å²) in [5, 5.41) is 0. The fourth-order valence-corrected chi connectivity index (χ4v) is 4.07. The maximum absolute atomic E-state index is 5.82. The second kappa shape index (κ2) is 17.6. The Morgan fingerprint density at radius 2 is 1.09 bits per heavy atom. The predicted molar refractivity (Wildman–Crippen MR) is 137 cm³/mol. The van der Waals surface area contributed by atoms with E-state index in [1.807, 2.05) is 0 Å². The van der Waals surface area contributed by atoms with Crippen molar-refractivity contribution in [2.45, 2.75) is 117 Å². The van der Waals surface area contributed by atoms with Gasteiger partial charge in [-0.15, -0.1) is 0 Å². The largest absolute Gasteiger partial charge is 0.490 e. The summed E-state index contributed by atoms with van der Waals surface area (Å²) in [6, 6.07) is 8.74. The molecule has 2 rings (SSSR count). The highest BCUT2D eigenvalue weighted by Crippen LogP contribution is 2.19. The molecule has 2 aromatic rings. The molecule has 0 N–H and O–H groups in total. The average molecular weight is 439 g/mol. The van der Waals surface area contributed by atoms with Crippen LogP contribution in [0.1, 0.15) is 116 Å². The maximum Gasteiger partial charge on any atom is 0.159 e. The molecule has 3 nitrogen and oxygen atoms in total. The van der Waals surface area contributed by atoms with Crippen molar-refractivity contribution in [3.8, 4) is 17.1 Å². The van der Waals surface area contributed by atoms with Gasteiger partial charge in [0.05, 0.1) is 19.0 Å². The number of unbranched alkanes of at least 4 members (excludes halogenated alkanes) is 13. The van der Waals surface area contributed by atoms with E-state index in [2.05, 4.69) is 48.1 Å². The fraction of sp³-hybridized carbons (Fsp3) is 0.655. The molecule has 1 heterocycles. The SMILES string of the molecule is CCCCCCCCCCOc1cnc(-c2ccc(CCCCCCCCC)cc2)nc1. The monoisotopic (exact) mass is 438 g/mol. The smallest absolute Gasteiger partial charge is 0.159 e. The number of hydrogen-bond donors (Lipinski definition) is 0. The molecule has 0 atom stereocenters. The highest BCUT2D eigenvalue weighted by Gasteiger charge is 2.03. The van der Waals surface area contributed by atoms with Crippen LogP contribution in [-0.4, -0.2) is 16.6 Å². The molecule has 0 aliphatic heterocycles. The lowest BCUT2D eigenvalue weighted by Gasteiger charge is -2.07. The van der Waals surface area contributed by atoms with Crippen LogP contribution in [-0.2, 0) is 6.42 Å². The van der Waals surface area contributed by atoms with Crippen molar-refractivity contribution in [3.05, 3.63) is 42.2 Å². The lowest BCUT2D eigenvalue weighted by atomic mass is 10.0. The number of hydrogen-bond acceptors (Lipinski definition) is 3. The van der Waals surface area contributed by atoms with Crippen LogP contribution in [0.4, 0.5) is 0 Å². The molecule has 32 heavy (non-hydrogen) atoms. The predicted octanol–water partition coefficient (Wildman–Crippen LogP) is 8.96. The van der Waals surface area contributed by atoms with Crippen molar-refractivity contribution in [1.29, 1.82) is 0 Å². The molecular weight excluding hydrogens is 392 g/mol. The van der Waals surface area contributed by atoms with E-state index in [0.29, 0.717) is 0 Å². The van der Waals surface area contributed by atoms with Crippen molar-refractivity contribution in [2.24, 2.45) is 0 Å². The first kappa shape index (κ1) is 26.4. The van der Waals surface area contributed by atoms with Crippen LogP contribution in [0.2, 0.25) is 0 Å². The Balaban J connectivity index is 1.60. The summed E-state index contributed by atoms with van der Waals surface area (Å²) in [6.45, 7) is 5.29. The van der Waals surface area contributed by atoms with Crippen LogP contribution in [0, 0.1) is 0 Å². The third-order valence-electron chi connectivity index (χ3n) is 6.18. The summed E-state index contributed by atoms with van der Waals surface area (Å²) in [6.07, 6.45) is 24.8. The maximum atomic E-state index is 5.82. The van der Waals surface area contributed by atoms with E-state index in [9.17, 15) is 0 Å². The molecule has 0 saturated carbocycles. The molecule has 1 aromatic heterocycles. The Bertz CT molecular complexity index is 681. The van der Waals surface area contributed by atoms with E-state index in [4.69, 9.17) is 4.74 Å². The van der Waals surface area contributed by atoms with Gasteiger partial charge in [0.1, 0.15) is 0 Å². The molecule has 0 fully saturated rings. The van der Waals surface area contributed by atoms with Crippen LogP contribution in [0.25, 0.3) is 11.4 Å². The molecule has 0 saturated heterocycles. The zero-order valence-electron chi connectivity index (χ0n) is 20.8. The van der Waals surface area contributed by atoms with E-state index in [1.54, 1.807) is 12.4 Å². The zero-order valence-corrected chi connectivity index (χ0v) is 20.8. The van der Waals surface area contributed by atoms with Crippen molar-refractivity contribution in [2.75, 3.05) is 6.61 Å². The van der Waals surface area contributed by atoms with Gasteiger partial charge in [0.2, 0.25) is 0 Å². The highest BCUT2D eigenvalue weighted by molar-refractivity contribution is 5.55. The second-order valence-electron chi connectivity index (χ2n) is 9.13. The van der Waals surface area contributed by atoms with Crippen molar-refractivity contribution in [3.63, 3.8) is 0 Å². The van der Waals surface area contributed by atoms with Crippen molar-refractivity contribution >= 4 is 0 Å². The molecule has 0 radical (unpaired) electrons. The first-order chi connectivity index (χ1) is 15.8. The van der Waals surface area contributed by atoms with E-state index >= 15 is 0 Å². The topological polar surface area (TPSA) is 35.0 Å². The number of aryl methyl sites for hydroxylation is 1. The number of nitrogens with zero attached hydrogens (tertiary/aromatic N) is 2. The van der Waals surface area contributed by atoms with Crippen LogP contribution >= 0.6 is 0 Å². The molecule has 0 aliphatic carbocycles. The summed E-state index contributed by atoms with van der Waals surface area (Å²) < 4.78 is 5.82. The Kier molecular flexibility index (Phi) is 14.5. The van der Waals surface area contributed by atoms with Gasteiger partial charge >= 0.3 is 0 Å². The molecular formula is C29H46N2O. The van der Waals surface area contributed by atoms with Gasteiger partial charge < -0.3 is 4.74 Å². The molecule has 0 spiro atoms. The van der Waals surface area contributed by atoms with Gasteiger partial charge in [-0.25, -0.2) is 9.97 Å². The molecule has 1 aromatic carbocycles. The molecule has 3 heteroatoms. The van der Waals surface area contributed by atoms with Crippen LogP contribution in [0.5, 0.6) is 5.75 Å². The first-order valence-corrected chi connectivity index (χ1v) is 13.4. The second-order valence-corrected chi connectivity index (χ2v) is 9.13. The molecule has 0 bridgehead atoms.